The smallest absolute Gasteiger partial charge is 0.266 e. The highest BCUT2D eigenvalue weighted by Gasteiger charge is 2.25. The van der Waals surface area contributed by atoms with Gasteiger partial charge in [-0.2, -0.15) is 0 Å². The molecule has 6 heteroatoms. The van der Waals surface area contributed by atoms with Gasteiger partial charge in [0.25, 0.3) is 5.56 Å². The lowest BCUT2D eigenvalue weighted by Crippen LogP contribution is -2.37. The van der Waals surface area contributed by atoms with Gasteiger partial charge in [0.15, 0.2) is 5.16 Å². The van der Waals surface area contributed by atoms with Crippen molar-refractivity contribution in [2.24, 2.45) is 0 Å². The van der Waals surface area contributed by atoms with E-state index in [-0.39, 0.29) is 16.7 Å². The van der Waals surface area contributed by atoms with Crippen LogP contribution in [-0.4, -0.2) is 38.7 Å². The number of carbonyl (C=O) groups excluding carboxylic acids is 1. The van der Waals surface area contributed by atoms with Gasteiger partial charge in [-0.25, -0.2) is 4.98 Å². The van der Waals surface area contributed by atoms with Gasteiger partial charge in [-0.1, -0.05) is 48.9 Å². The Morgan fingerprint density at radius 3 is 2.45 bits per heavy atom. The minimum atomic E-state index is -0.317. The highest BCUT2D eigenvalue weighted by molar-refractivity contribution is 8.00. The molecule has 0 spiro atoms. The monoisotopic (exact) mass is 435 g/mol. The van der Waals surface area contributed by atoms with E-state index in [0.29, 0.717) is 16.1 Å². The number of fused-ring (bicyclic) bond motifs is 1. The number of nitrogens with zero attached hydrogens (tertiary/aromatic N) is 3. The zero-order valence-electron chi connectivity index (χ0n) is 18.4. The fourth-order valence-electron chi connectivity index (χ4n) is 4.14. The van der Waals surface area contributed by atoms with E-state index in [9.17, 15) is 9.59 Å². The second-order valence-corrected chi connectivity index (χ2v) is 9.58. The van der Waals surface area contributed by atoms with Gasteiger partial charge in [0, 0.05) is 13.1 Å². The highest BCUT2D eigenvalue weighted by Crippen LogP contribution is 2.28. The lowest BCUT2D eigenvalue weighted by molar-refractivity contribution is -0.130. The van der Waals surface area contributed by atoms with Crippen LogP contribution in [0.25, 0.3) is 16.6 Å². The molecule has 1 aliphatic heterocycles. The number of likely N-dealkylation sites (tertiary alicyclic amines) is 1. The third kappa shape index (κ3) is 4.40. The van der Waals surface area contributed by atoms with E-state index >= 15 is 0 Å². The Balaban J connectivity index is 1.78. The molecule has 0 bridgehead atoms. The van der Waals surface area contributed by atoms with Gasteiger partial charge in [0.2, 0.25) is 5.91 Å². The van der Waals surface area contributed by atoms with Crippen molar-refractivity contribution < 1.29 is 4.79 Å². The van der Waals surface area contributed by atoms with Crippen LogP contribution in [0, 0.1) is 13.8 Å². The molecule has 1 aliphatic rings. The molecule has 0 aliphatic carbocycles. The maximum Gasteiger partial charge on any atom is 0.266 e. The van der Waals surface area contributed by atoms with Crippen molar-refractivity contribution >= 4 is 28.6 Å². The highest BCUT2D eigenvalue weighted by atomic mass is 32.2. The van der Waals surface area contributed by atoms with Crippen LogP contribution >= 0.6 is 11.8 Å². The van der Waals surface area contributed by atoms with Crippen molar-refractivity contribution in [3.05, 3.63) is 63.9 Å². The molecule has 3 aromatic rings. The van der Waals surface area contributed by atoms with E-state index in [2.05, 4.69) is 0 Å². The van der Waals surface area contributed by atoms with E-state index in [1.807, 2.05) is 68.1 Å². The van der Waals surface area contributed by atoms with Crippen LogP contribution in [-0.2, 0) is 4.79 Å². The Labute approximate surface area is 187 Å². The van der Waals surface area contributed by atoms with Crippen LogP contribution in [0.1, 0.15) is 43.7 Å². The molecule has 1 aromatic heterocycles. The number of hydrogen-bond acceptors (Lipinski definition) is 4. The molecule has 4 rings (SSSR count). The molecule has 1 saturated heterocycles. The standard InChI is InChI=1S/C25H29N3O2S/c1-17-11-10-14-22(18(17)2)28-24(30)20-12-6-7-13-21(20)26-25(28)31-19(3)23(29)27-15-8-4-5-9-16-27/h6-7,10-14,19H,4-5,8-9,15-16H2,1-3H3. The number of rotatable bonds is 4. The van der Waals surface area contributed by atoms with Crippen molar-refractivity contribution in [3.8, 4) is 5.69 Å². The van der Waals surface area contributed by atoms with E-state index < -0.39 is 0 Å². The minimum absolute atomic E-state index is 0.101. The van der Waals surface area contributed by atoms with Gasteiger partial charge in [-0.3, -0.25) is 14.2 Å². The van der Waals surface area contributed by atoms with Crippen molar-refractivity contribution in [1.82, 2.24) is 14.5 Å². The lowest BCUT2D eigenvalue weighted by Gasteiger charge is -2.24. The summed E-state index contributed by atoms with van der Waals surface area (Å²) in [6.07, 6.45) is 4.49. The number of amides is 1. The number of aromatic nitrogens is 2. The van der Waals surface area contributed by atoms with Crippen molar-refractivity contribution in [2.45, 2.75) is 56.9 Å². The maximum absolute atomic E-state index is 13.5. The summed E-state index contributed by atoms with van der Waals surface area (Å²) in [7, 11) is 0. The number of benzene rings is 2. The van der Waals surface area contributed by atoms with Gasteiger partial charge >= 0.3 is 0 Å². The van der Waals surface area contributed by atoms with E-state index in [1.165, 1.54) is 24.6 Å². The topological polar surface area (TPSA) is 55.2 Å². The number of aryl methyl sites for hydroxylation is 1. The molecular formula is C25H29N3O2S. The van der Waals surface area contributed by atoms with Gasteiger partial charge in [-0.05, 0) is 62.9 Å². The summed E-state index contributed by atoms with van der Waals surface area (Å²) >= 11 is 1.38. The normalized spacial score (nSPS) is 15.6. The first-order chi connectivity index (χ1) is 15.0. The maximum atomic E-state index is 13.5. The number of carbonyl (C=O) groups is 1. The summed E-state index contributed by atoms with van der Waals surface area (Å²) in [6.45, 7) is 7.62. The molecular weight excluding hydrogens is 406 g/mol. The van der Waals surface area contributed by atoms with Gasteiger partial charge < -0.3 is 4.90 Å². The fourth-order valence-corrected chi connectivity index (χ4v) is 5.14. The van der Waals surface area contributed by atoms with Gasteiger partial charge in [0.05, 0.1) is 21.8 Å². The average molecular weight is 436 g/mol. The van der Waals surface area contributed by atoms with Crippen molar-refractivity contribution in [2.75, 3.05) is 13.1 Å². The number of hydrogen-bond donors (Lipinski definition) is 0. The van der Waals surface area contributed by atoms with Crippen molar-refractivity contribution in [3.63, 3.8) is 0 Å². The molecule has 2 aromatic carbocycles. The molecule has 162 valence electrons. The van der Waals surface area contributed by atoms with Gasteiger partial charge in [0.1, 0.15) is 0 Å². The van der Waals surface area contributed by atoms with E-state index in [0.717, 1.165) is 42.7 Å². The van der Waals surface area contributed by atoms with Gasteiger partial charge in [-0.15, -0.1) is 0 Å². The van der Waals surface area contributed by atoms with E-state index in [4.69, 9.17) is 4.98 Å². The molecule has 2 heterocycles. The lowest BCUT2D eigenvalue weighted by atomic mass is 10.1. The van der Waals surface area contributed by atoms with Crippen LogP contribution < -0.4 is 5.56 Å². The summed E-state index contributed by atoms with van der Waals surface area (Å²) < 4.78 is 1.68. The number of para-hydroxylation sites is 1. The molecule has 1 unspecified atom stereocenters. The predicted molar refractivity (Wildman–Crippen MR) is 127 cm³/mol. The zero-order valence-corrected chi connectivity index (χ0v) is 19.2. The molecule has 1 amide bonds. The summed E-state index contributed by atoms with van der Waals surface area (Å²) in [5, 5.41) is 0.829. The van der Waals surface area contributed by atoms with Crippen LogP contribution in [0.4, 0.5) is 0 Å². The second-order valence-electron chi connectivity index (χ2n) is 8.27. The largest absolute Gasteiger partial charge is 0.342 e. The Bertz CT molecular complexity index is 1160. The molecule has 1 atom stereocenters. The number of thioether (sulfide) groups is 1. The third-order valence-electron chi connectivity index (χ3n) is 6.11. The molecule has 31 heavy (non-hydrogen) atoms. The Morgan fingerprint density at radius 2 is 1.71 bits per heavy atom. The summed E-state index contributed by atoms with van der Waals surface area (Å²) in [5.74, 6) is 0.127. The quantitative estimate of drug-likeness (QED) is 0.433. The first kappa shape index (κ1) is 21.6. The minimum Gasteiger partial charge on any atom is -0.342 e. The van der Waals surface area contributed by atoms with Crippen LogP contribution in [0.2, 0.25) is 0 Å². The Hall–Kier alpha value is -2.60. The first-order valence-electron chi connectivity index (χ1n) is 11.0. The van der Waals surface area contributed by atoms with Crippen LogP contribution in [0.3, 0.4) is 0 Å². The summed E-state index contributed by atoms with van der Waals surface area (Å²) in [5.41, 5.74) is 3.53. The summed E-state index contributed by atoms with van der Waals surface area (Å²) in [4.78, 5) is 33.5. The summed E-state index contributed by atoms with van der Waals surface area (Å²) in [6, 6.07) is 13.4. The molecule has 5 nitrogen and oxygen atoms in total. The second kappa shape index (κ2) is 9.27. The molecule has 0 radical (unpaired) electrons. The predicted octanol–water partition coefficient (Wildman–Crippen LogP) is 4.89. The Morgan fingerprint density at radius 1 is 1.00 bits per heavy atom. The average Bonchev–Trinajstić information content (AvgIpc) is 3.05. The SMILES string of the molecule is Cc1cccc(-n2c(SC(C)C(=O)N3CCCCCC3)nc3ccccc3c2=O)c1C. The Kier molecular flexibility index (Phi) is 6.46. The van der Waals surface area contributed by atoms with Crippen LogP contribution in [0.15, 0.2) is 52.4 Å². The molecule has 0 N–H and O–H groups in total. The van der Waals surface area contributed by atoms with E-state index in [1.54, 1.807) is 4.57 Å². The zero-order chi connectivity index (χ0) is 22.0. The third-order valence-corrected chi connectivity index (χ3v) is 7.15. The molecule has 0 saturated carbocycles. The molecule has 1 fully saturated rings. The van der Waals surface area contributed by atoms with Crippen LogP contribution in [0.5, 0.6) is 0 Å². The van der Waals surface area contributed by atoms with Crippen molar-refractivity contribution in [1.29, 1.82) is 0 Å². The fraction of sp³-hybridized carbons (Fsp3) is 0.400. The first-order valence-corrected chi connectivity index (χ1v) is 11.9.